The fourth-order valence-corrected chi connectivity index (χ4v) is 4.02. The van der Waals surface area contributed by atoms with Gasteiger partial charge in [-0.1, -0.05) is 11.2 Å². The van der Waals surface area contributed by atoms with Crippen molar-refractivity contribution in [1.82, 2.24) is 25.0 Å². The Labute approximate surface area is 224 Å². The van der Waals surface area contributed by atoms with Crippen molar-refractivity contribution in [3.63, 3.8) is 0 Å². The first kappa shape index (κ1) is 29.0. The van der Waals surface area contributed by atoms with Gasteiger partial charge in [-0.25, -0.2) is 0 Å². The zero-order chi connectivity index (χ0) is 28.9. The molecule has 2 N–H and O–H groups in total. The Morgan fingerprint density at radius 1 is 1.07 bits per heavy atom. The van der Waals surface area contributed by atoms with Crippen molar-refractivity contribution < 1.29 is 40.4 Å². The number of nitrogens with one attached hydrogen (secondary N) is 2. The van der Waals surface area contributed by atoms with E-state index in [1.165, 1.54) is 6.07 Å². The minimum atomic E-state index is -4.66. The molecule has 0 spiro atoms. The zero-order valence-electron chi connectivity index (χ0n) is 21.1. The van der Waals surface area contributed by atoms with Gasteiger partial charge in [0, 0.05) is 30.9 Å². The first-order valence-corrected chi connectivity index (χ1v) is 12.1. The fourth-order valence-electron chi connectivity index (χ4n) is 4.02. The quantitative estimate of drug-likeness (QED) is 0.334. The Bertz CT molecular complexity index is 1310. The molecule has 1 aromatic carbocycles. The van der Waals surface area contributed by atoms with Gasteiger partial charge in [0.15, 0.2) is 12.4 Å². The second-order valence-corrected chi connectivity index (χ2v) is 9.21. The van der Waals surface area contributed by atoms with Crippen molar-refractivity contribution in [1.29, 1.82) is 0 Å². The van der Waals surface area contributed by atoms with Gasteiger partial charge in [0.2, 0.25) is 11.9 Å². The zero-order valence-corrected chi connectivity index (χ0v) is 21.1. The van der Waals surface area contributed by atoms with Crippen LogP contribution in [0.5, 0.6) is 6.01 Å². The number of alkyl halides is 6. The van der Waals surface area contributed by atoms with E-state index in [-0.39, 0.29) is 42.4 Å². The summed E-state index contributed by atoms with van der Waals surface area (Å²) in [6.07, 6.45) is -7.97. The Morgan fingerprint density at radius 2 is 1.80 bits per heavy atom. The van der Waals surface area contributed by atoms with E-state index in [9.17, 15) is 31.1 Å². The molecule has 1 saturated heterocycles. The third-order valence-electron chi connectivity index (χ3n) is 5.80. The molecule has 4 rings (SSSR count). The smallest absolute Gasteiger partial charge is 0.422 e. The molecule has 0 atom stereocenters. The van der Waals surface area contributed by atoms with E-state index in [0.29, 0.717) is 37.4 Å². The molecular formula is C24H25F6N7O3. The van der Waals surface area contributed by atoms with Crippen LogP contribution in [0.25, 0.3) is 0 Å². The number of aryl methyl sites for hydroxylation is 1. The molecule has 0 amide bonds. The van der Waals surface area contributed by atoms with E-state index in [1.807, 2.05) is 4.90 Å². The molecule has 0 aliphatic carbocycles. The summed E-state index contributed by atoms with van der Waals surface area (Å²) < 4.78 is 86.9. The number of ether oxygens (including phenoxy) is 1. The number of halogens is 6. The molecule has 0 radical (unpaired) electrons. The number of anilines is 3. The lowest BCUT2D eigenvalue weighted by Crippen LogP contribution is -2.42. The number of benzene rings is 1. The summed E-state index contributed by atoms with van der Waals surface area (Å²) in [4.78, 5) is 26.1. The van der Waals surface area contributed by atoms with Gasteiger partial charge in [0.25, 0.3) is 0 Å². The number of carbonyl (C=O) groups is 1. The summed E-state index contributed by atoms with van der Waals surface area (Å²) in [6.45, 7) is 1.41. The second kappa shape index (κ2) is 12.1. The molecule has 2 aromatic heterocycles. The molecule has 3 heterocycles. The fraction of sp³-hybridized carbons (Fsp3) is 0.458. The molecule has 0 bridgehead atoms. The molecule has 3 aromatic rings. The highest BCUT2D eigenvalue weighted by molar-refractivity contribution is 5.82. The van der Waals surface area contributed by atoms with Crippen LogP contribution >= 0.6 is 0 Å². The predicted molar refractivity (Wildman–Crippen MR) is 129 cm³/mol. The van der Waals surface area contributed by atoms with E-state index in [2.05, 4.69) is 35.5 Å². The van der Waals surface area contributed by atoms with Crippen LogP contribution in [-0.2, 0) is 17.4 Å². The number of nitrogens with zero attached hydrogens (tertiary/aromatic N) is 5. The molecule has 40 heavy (non-hydrogen) atoms. The largest absolute Gasteiger partial charge is 0.454 e. The maximum Gasteiger partial charge on any atom is 0.422 e. The second-order valence-electron chi connectivity index (χ2n) is 9.21. The van der Waals surface area contributed by atoms with Crippen molar-refractivity contribution in [2.75, 3.05) is 36.9 Å². The summed E-state index contributed by atoms with van der Waals surface area (Å²) in [5, 5.41) is 9.40. The summed E-state index contributed by atoms with van der Waals surface area (Å²) >= 11 is 0. The first-order valence-electron chi connectivity index (χ1n) is 12.1. The van der Waals surface area contributed by atoms with Crippen LogP contribution in [0.2, 0.25) is 0 Å². The Balaban J connectivity index is 1.40. The van der Waals surface area contributed by atoms with Gasteiger partial charge in [-0.2, -0.15) is 41.3 Å². The number of piperidine rings is 1. The molecule has 216 valence electrons. The minimum Gasteiger partial charge on any atom is -0.454 e. The van der Waals surface area contributed by atoms with Crippen LogP contribution in [-0.4, -0.2) is 69.3 Å². The number of likely N-dealkylation sites (tertiary alicyclic amines) is 1. The normalized spacial score (nSPS) is 15.2. The average Bonchev–Trinajstić information content (AvgIpc) is 3.27. The molecule has 10 nitrogen and oxygen atoms in total. The minimum absolute atomic E-state index is 0.0195. The van der Waals surface area contributed by atoms with E-state index in [1.54, 1.807) is 13.0 Å². The number of hydrogen-bond donors (Lipinski definition) is 2. The monoisotopic (exact) mass is 573 g/mol. The Kier molecular flexibility index (Phi) is 8.76. The van der Waals surface area contributed by atoms with Crippen molar-refractivity contribution in [3.05, 3.63) is 47.3 Å². The van der Waals surface area contributed by atoms with Gasteiger partial charge in [-0.05, 0) is 38.0 Å². The maximum absolute atomic E-state index is 13.1. The highest BCUT2D eigenvalue weighted by atomic mass is 19.4. The predicted octanol–water partition coefficient (Wildman–Crippen LogP) is 4.56. The Morgan fingerprint density at radius 3 is 2.45 bits per heavy atom. The van der Waals surface area contributed by atoms with Crippen LogP contribution in [0.4, 0.5) is 43.9 Å². The lowest BCUT2D eigenvalue weighted by molar-refractivity contribution is -0.154. The highest BCUT2D eigenvalue weighted by Gasteiger charge is 2.31. The van der Waals surface area contributed by atoms with Crippen LogP contribution < -0.4 is 15.4 Å². The molecular weight excluding hydrogens is 548 g/mol. The van der Waals surface area contributed by atoms with Gasteiger partial charge >= 0.3 is 18.4 Å². The van der Waals surface area contributed by atoms with Gasteiger partial charge in [-0.3, -0.25) is 9.69 Å². The van der Waals surface area contributed by atoms with Crippen LogP contribution in [0.3, 0.4) is 0 Å². The molecule has 1 fully saturated rings. The van der Waals surface area contributed by atoms with Gasteiger partial charge in [0.1, 0.15) is 5.76 Å². The summed E-state index contributed by atoms with van der Waals surface area (Å²) in [5.41, 5.74) is -0.403. The van der Waals surface area contributed by atoms with Crippen LogP contribution in [0.15, 0.2) is 34.9 Å². The van der Waals surface area contributed by atoms with Crippen molar-refractivity contribution in [2.24, 2.45) is 0 Å². The number of ketones is 1. The van der Waals surface area contributed by atoms with E-state index >= 15 is 0 Å². The number of Topliss-reactive ketones (excluding diaryl/α,β-unsaturated/α-hetero) is 1. The molecule has 0 saturated carbocycles. The molecule has 0 unspecified atom stereocenters. The highest BCUT2D eigenvalue weighted by Crippen LogP contribution is 2.31. The van der Waals surface area contributed by atoms with E-state index in [0.717, 1.165) is 18.2 Å². The Hall–Kier alpha value is -3.95. The number of aromatic nitrogens is 4. The number of carbonyl (C=O) groups excluding carboxylic acids is 1. The van der Waals surface area contributed by atoms with E-state index < -0.39 is 30.5 Å². The summed E-state index contributed by atoms with van der Waals surface area (Å²) in [7, 11) is 0. The topological polar surface area (TPSA) is 118 Å². The summed E-state index contributed by atoms with van der Waals surface area (Å²) in [6, 6.07) is 5.03. The maximum atomic E-state index is 13.1. The van der Waals surface area contributed by atoms with Crippen molar-refractivity contribution in [3.8, 4) is 6.01 Å². The van der Waals surface area contributed by atoms with Gasteiger partial charge in [0.05, 0.1) is 24.2 Å². The molecule has 1 aliphatic heterocycles. The number of hydrogen-bond acceptors (Lipinski definition) is 10. The van der Waals surface area contributed by atoms with Crippen LogP contribution in [0, 0.1) is 6.92 Å². The number of rotatable bonds is 10. The lowest BCUT2D eigenvalue weighted by Gasteiger charge is -2.31. The first-order chi connectivity index (χ1) is 18.8. The third-order valence-corrected chi connectivity index (χ3v) is 5.80. The van der Waals surface area contributed by atoms with Crippen molar-refractivity contribution >= 4 is 23.4 Å². The molecule has 16 heteroatoms. The summed E-state index contributed by atoms with van der Waals surface area (Å²) in [5.74, 6) is 0.180. The lowest BCUT2D eigenvalue weighted by atomic mass is 10.0. The van der Waals surface area contributed by atoms with Gasteiger partial charge in [-0.15, -0.1) is 0 Å². The third kappa shape index (κ3) is 8.79. The average molecular weight is 573 g/mol. The van der Waals surface area contributed by atoms with Gasteiger partial charge < -0.3 is 19.9 Å². The van der Waals surface area contributed by atoms with E-state index in [4.69, 9.17) is 4.52 Å². The van der Waals surface area contributed by atoms with Crippen LogP contribution in [0.1, 0.15) is 29.9 Å². The molecule has 1 aliphatic rings. The SMILES string of the molecule is Cc1cc(CC(=O)CN2CCC(Nc3nc(Nc4cccc(C(F)(F)F)c4)nc(OCC(F)(F)F)n3)CC2)no1. The van der Waals surface area contributed by atoms with Crippen molar-refractivity contribution in [2.45, 2.75) is 44.6 Å². The standard InChI is InChI=1S/C24H25F6N7O3/c1-14-9-18(36-40-14)11-19(38)12-37-7-5-16(6-8-37)31-20-33-21(35-22(34-20)39-13-23(25,26)27)32-17-4-2-3-15(10-17)24(28,29)30/h2-4,9-10,16H,5-8,11-13H2,1H3,(H2,31,32,33,34,35).